The monoisotopic (exact) mass is 651 g/mol. The molecule has 4 aromatic rings. The molecule has 4 aromatic carbocycles. The van der Waals surface area contributed by atoms with Crippen molar-refractivity contribution >= 4 is 45.7 Å². The van der Waals surface area contributed by atoms with Gasteiger partial charge in [-0.05, 0) is 41.3 Å². The largest absolute Gasteiger partial charge is 0.507 e. The molecule has 2 amide bonds. The van der Waals surface area contributed by atoms with E-state index in [0.717, 1.165) is 15.9 Å². The number of carboxylic acids is 1. The number of nitrogens with zero attached hydrogens (tertiary/aromatic N) is 1. The number of phenols is 1. The normalized spacial score (nSPS) is 27.7. The number of amides is 2. The van der Waals surface area contributed by atoms with Crippen molar-refractivity contribution in [1.82, 2.24) is 4.90 Å². The molecule has 8 rings (SSSR count). The predicted octanol–water partition coefficient (Wildman–Crippen LogP) is 5.84. The molecule has 1 saturated heterocycles. The number of rotatable bonds is 6. The second-order valence-corrected chi connectivity index (χ2v) is 13.5. The Morgan fingerprint density at radius 1 is 0.816 bits per heavy atom. The molecule has 0 spiro atoms. The van der Waals surface area contributed by atoms with Crippen molar-refractivity contribution in [3.05, 3.63) is 131 Å². The third kappa shape index (κ3) is 4.46. The highest BCUT2D eigenvalue weighted by Crippen LogP contribution is 2.64. The lowest BCUT2D eigenvalue weighted by Gasteiger charge is -2.55. The van der Waals surface area contributed by atoms with Gasteiger partial charge in [-0.3, -0.25) is 28.9 Å². The summed E-state index contributed by atoms with van der Waals surface area (Å²) in [6, 6.07) is 29.4. The lowest BCUT2D eigenvalue weighted by Crippen LogP contribution is -2.58. The van der Waals surface area contributed by atoms with Crippen molar-refractivity contribution in [1.29, 1.82) is 0 Å². The summed E-state index contributed by atoms with van der Waals surface area (Å²) in [4.78, 5) is 70.3. The van der Waals surface area contributed by atoms with E-state index in [2.05, 4.69) is 0 Å². The zero-order chi connectivity index (χ0) is 34.0. The Morgan fingerprint density at radius 2 is 1.51 bits per heavy atom. The van der Waals surface area contributed by atoms with Gasteiger partial charge in [-0.25, -0.2) is 0 Å². The van der Waals surface area contributed by atoms with E-state index >= 15 is 4.79 Å². The summed E-state index contributed by atoms with van der Waals surface area (Å²) in [6.45, 7) is -0.230. The lowest BCUT2D eigenvalue weighted by molar-refractivity contribution is -0.142. The van der Waals surface area contributed by atoms with Crippen molar-refractivity contribution in [2.75, 3.05) is 6.54 Å². The zero-order valence-electron chi connectivity index (χ0n) is 26.5. The van der Waals surface area contributed by atoms with Gasteiger partial charge in [-0.15, -0.1) is 0 Å². The third-order valence-electron chi connectivity index (χ3n) is 11.3. The fraction of sp³-hybridized carbons (Fsp3) is 0.244. The molecule has 0 aromatic heterocycles. The third-order valence-corrected chi connectivity index (χ3v) is 11.3. The Bertz CT molecular complexity index is 2130. The molecule has 0 radical (unpaired) electrons. The lowest BCUT2D eigenvalue weighted by atomic mass is 9.44. The van der Waals surface area contributed by atoms with Gasteiger partial charge in [-0.1, -0.05) is 109 Å². The number of benzene rings is 4. The van der Waals surface area contributed by atoms with Gasteiger partial charge in [-0.2, -0.15) is 0 Å². The number of carbonyl (C=O) groups excluding carboxylic acids is 4. The van der Waals surface area contributed by atoms with Crippen LogP contribution in [0.4, 0.5) is 0 Å². The van der Waals surface area contributed by atoms with E-state index in [1.165, 1.54) is 6.08 Å². The predicted molar refractivity (Wildman–Crippen MR) is 181 cm³/mol. The van der Waals surface area contributed by atoms with Crippen LogP contribution >= 0.6 is 0 Å². The van der Waals surface area contributed by atoms with Gasteiger partial charge < -0.3 is 10.2 Å². The number of Topliss-reactive ketones (excluding diaryl/α,β-unsaturated/α-hetero) is 1. The first-order valence-electron chi connectivity index (χ1n) is 16.6. The zero-order valence-corrected chi connectivity index (χ0v) is 26.5. The maximum atomic E-state index is 15.1. The molecule has 2 N–H and O–H groups in total. The first-order valence-corrected chi connectivity index (χ1v) is 16.6. The van der Waals surface area contributed by atoms with E-state index in [4.69, 9.17) is 0 Å². The molecule has 8 nitrogen and oxygen atoms in total. The molecule has 49 heavy (non-hydrogen) atoms. The summed E-state index contributed by atoms with van der Waals surface area (Å²) in [5.74, 6) is -6.39. The van der Waals surface area contributed by atoms with Crippen molar-refractivity contribution < 1.29 is 34.2 Å². The number of phenolic OH excluding ortho intramolecular Hbond substituents is 1. The number of hydrogen-bond acceptors (Lipinski definition) is 6. The van der Waals surface area contributed by atoms with Crippen LogP contribution in [0.1, 0.15) is 41.9 Å². The maximum Gasteiger partial charge on any atom is 0.305 e. The van der Waals surface area contributed by atoms with Crippen LogP contribution in [0.15, 0.2) is 115 Å². The Hall–Kier alpha value is -5.63. The van der Waals surface area contributed by atoms with Gasteiger partial charge in [0.1, 0.15) is 5.75 Å². The van der Waals surface area contributed by atoms with Crippen LogP contribution in [0.25, 0.3) is 16.3 Å². The van der Waals surface area contributed by atoms with E-state index in [0.29, 0.717) is 27.6 Å². The molecule has 1 heterocycles. The van der Waals surface area contributed by atoms with Crippen molar-refractivity contribution in [3.63, 3.8) is 0 Å². The van der Waals surface area contributed by atoms with E-state index in [1.807, 2.05) is 91.0 Å². The minimum atomic E-state index is -1.46. The van der Waals surface area contributed by atoms with Crippen LogP contribution in [-0.2, 0) is 29.4 Å². The molecule has 1 saturated carbocycles. The summed E-state index contributed by atoms with van der Waals surface area (Å²) >= 11 is 0. The van der Waals surface area contributed by atoms with Crippen LogP contribution < -0.4 is 0 Å². The molecule has 8 heteroatoms. The molecule has 2 fully saturated rings. The van der Waals surface area contributed by atoms with Crippen LogP contribution in [0.5, 0.6) is 5.75 Å². The second kappa shape index (κ2) is 11.5. The number of aromatic hydroxyl groups is 1. The van der Waals surface area contributed by atoms with Gasteiger partial charge >= 0.3 is 5.97 Å². The van der Waals surface area contributed by atoms with Crippen LogP contribution in [-0.4, -0.2) is 51.0 Å². The maximum absolute atomic E-state index is 15.1. The highest BCUT2D eigenvalue weighted by molar-refractivity contribution is 6.31. The highest BCUT2D eigenvalue weighted by Gasteiger charge is 2.66. The summed E-state index contributed by atoms with van der Waals surface area (Å²) in [5, 5.41) is 22.8. The fourth-order valence-electron chi connectivity index (χ4n) is 9.22. The van der Waals surface area contributed by atoms with Crippen molar-refractivity contribution in [2.24, 2.45) is 23.7 Å². The molecule has 244 valence electrons. The number of carboxylic acid groups (broad SMARTS) is 1. The molecular formula is C41H33NO7. The summed E-state index contributed by atoms with van der Waals surface area (Å²) in [7, 11) is 0. The van der Waals surface area contributed by atoms with Crippen molar-refractivity contribution in [2.45, 2.75) is 30.6 Å². The van der Waals surface area contributed by atoms with E-state index in [1.54, 1.807) is 12.1 Å². The fourth-order valence-corrected chi connectivity index (χ4v) is 9.22. The molecule has 0 bridgehead atoms. The topological polar surface area (TPSA) is 129 Å². The number of aliphatic carboxylic acids is 1. The second-order valence-electron chi connectivity index (χ2n) is 13.5. The number of ketones is 2. The highest BCUT2D eigenvalue weighted by atomic mass is 16.4. The smallest absolute Gasteiger partial charge is 0.305 e. The Balaban J connectivity index is 1.39. The van der Waals surface area contributed by atoms with E-state index in [9.17, 15) is 29.4 Å². The minimum absolute atomic E-state index is 0.00387. The number of allylic oxidation sites excluding steroid dienone is 4. The van der Waals surface area contributed by atoms with Gasteiger partial charge in [0.05, 0.1) is 23.7 Å². The Labute approximate surface area is 282 Å². The van der Waals surface area contributed by atoms with Gasteiger partial charge in [0.25, 0.3) is 0 Å². The van der Waals surface area contributed by atoms with E-state index in [-0.39, 0.29) is 43.1 Å². The molecule has 4 aliphatic rings. The quantitative estimate of drug-likeness (QED) is 0.198. The van der Waals surface area contributed by atoms with Crippen molar-refractivity contribution in [3.8, 4) is 5.75 Å². The summed E-state index contributed by atoms with van der Waals surface area (Å²) in [6.07, 6.45) is 3.38. The molecular weight excluding hydrogens is 618 g/mol. The minimum Gasteiger partial charge on any atom is -0.507 e. The summed E-state index contributed by atoms with van der Waals surface area (Å²) in [5.41, 5.74) is 1.30. The number of imide groups is 1. The van der Waals surface area contributed by atoms with Crippen LogP contribution in [0.3, 0.4) is 0 Å². The van der Waals surface area contributed by atoms with Crippen LogP contribution in [0.2, 0.25) is 0 Å². The van der Waals surface area contributed by atoms with Gasteiger partial charge in [0.2, 0.25) is 11.8 Å². The first-order chi connectivity index (χ1) is 23.7. The number of carbonyl (C=O) groups is 5. The number of fused-ring (bicyclic) bond motifs is 5. The number of hydrogen-bond donors (Lipinski definition) is 2. The van der Waals surface area contributed by atoms with Gasteiger partial charge in [0, 0.05) is 34.9 Å². The van der Waals surface area contributed by atoms with E-state index < -0.39 is 52.8 Å². The first kappa shape index (κ1) is 30.7. The summed E-state index contributed by atoms with van der Waals surface area (Å²) < 4.78 is 0. The standard InChI is InChI=1S/C41H33NO7/c43-33-22-30(23-9-3-1-4-10-23)38(47)32-21-31-27(17-18-28-35(31)40(49)42(39(28)48)20-19-34(44)45)36(41(32,33)25-12-5-2-6-13-25)29-16-15-24-11-7-8-14-26(24)37(29)46/h1-17,22,28,31-32,35-36,46H,18-21H2,(H,44,45)/t28-,31+,32-,35-,36+,41-/m0/s1. The molecule has 0 unspecified atom stereocenters. The average Bonchev–Trinajstić information content (AvgIpc) is 3.37. The Morgan fingerprint density at radius 3 is 2.24 bits per heavy atom. The average molecular weight is 652 g/mol. The Kier molecular flexibility index (Phi) is 7.21. The van der Waals surface area contributed by atoms with Crippen LogP contribution in [0, 0.1) is 23.7 Å². The molecule has 6 atom stereocenters. The SMILES string of the molecule is O=C(O)CCN1C(=O)[C@H]2[C@H](CC=C3[C@H]2C[C@H]2C(=O)C(c4ccccc4)=CC(=O)[C@@]2(c2ccccc2)[C@H]3c2ccc3ccccc3c2O)C1=O. The number of likely N-dealkylation sites (tertiary alicyclic amines) is 1. The van der Waals surface area contributed by atoms with Gasteiger partial charge in [0.15, 0.2) is 11.6 Å². The molecule has 1 aliphatic heterocycles. The molecule has 3 aliphatic carbocycles.